The van der Waals surface area contributed by atoms with Gasteiger partial charge in [0.1, 0.15) is 12.4 Å². The summed E-state index contributed by atoms with van der Waals surface area (Å²) in [4.78, 5) is 15.3. The van der Waals surface area contributed by atoms with E-state index in [2.05, 4.69) is 54.6 Å². The van der Waals surface area contributed by atoms with Crippen molar-refractivity contribution in [3.63, 3.8) is 0 Å². The monoisotopic (exact) mass is 453 g/mol. The van der Waals surface area contributed by atoms with Crippen LogP contribution in [-0.4, -0.2) is 29.7 Å². The van der Waals surface area contributed by atoms with Crippen molar-refractivity contribution in [2.45, 2.75) is 50.6 Å². The fourth-order valence-corrected chi connectivity index (χ4v) is 6.14. The number of hydrogen-bond donors (Lipinski definition) is 0. The first-order valence-electron chi connectivity index (χ1n) is 12.2. The highest BCUT2D eigenvalue weighted by atomic mass is 19.1. The number of fused-ring (bicyclic) bond motifs is 5. The number of benzene rings is 3. The van der Waals surface area contributed by atoms with Gasteiger partial charge in [0.25, 0.3) is 0 Å². The minimum Gasteiger partial charge on any atom is -0.448 e. The zero-order valence-electron chi connectivity index (χ0n) is 19.3. The topological polar surface area (TPSA) is 29.5 Å². The van der Waals surface area contributed by atoms with Gasteiger partial charge in [0.15, 0.2) is 0 Å². The van der Waals surface area contributed by atoms with Crippen molar-refractivity contribution in [1.29, 1.82) is 0 Å². The van der Waals surface area contributed by atoms with Crippen molar-refractivity contribution in [3.8, 4) is 11.1 Å². The predicted octanol–water partition coefficient (Wildman–Crippen LogP) is 7.09. The lowest BCUT2D eigenvalue weighted by atomic mass is 9.82. The van der Waals surface area contributed by atoms with Gasteiger partial charge in [-0.3, -0.25) is 4.90 Å². The van der Waals surface area contributed by atoms with Gasteiger partial charge in [0, 0.05) is 12.0 Å². The van der Waals surface area contributed by atoms with Gasteiger partial charge in [0.05, 0.1) is 6.04 Å². The normalized spacial score (nSPS) is 21.0. The lowest BCUT2D eigenvalue weighted by molar-refractivity contribution is 0.0539. The molecule has 0 N–H and O–H groups in total. The third kappa shape index (κ3) is 3.44. The molecule has 2 bridgehead atoms. The van der Waals surface area contributed by atoms with E-state index in [0.29, 0.717) is 12.2 Å². The molecule has 2 atom stereocenters. The summed E-state index contributed by atoms with van der Waals surface area (Å²) in [6, 6.07) is 22.1. The third-order valence-corrected chi connectivity index (χ3v) is 7.80. The molecule has 3 aromatic carbocycles. The van der Waals surface area contributed by atoms with Crippen LogP contribution in [0.5, 0.6) is 0 Å². The second-order valence-corrected chi connectivity index (χ2v) is 9.67. The molecule has 6 rings (SSSR count). The van der Waals surface area contributed by atoms with E-state index >= 15 is 0 Å². The quantitative estimate of drug-likeness (QED) is 0.424. The van der Waals surface area contributed by atoms with Gasteiger partial charge in [-0.15, -0.1) is 0 Å². The number of rotatable bonds is 3. The SMILES string of the molecule is Cc1c(F)cccc1C1=CC2CCCC(C1)N2C(=O)OCC1c2ccccc2-c2ccccc21. The first kappa shape index (κ1) is 21.2. The molecule has 172 valence electrons. The second-order valence-electron chi connectivity index (χ2n) is 9.67. The standard InChI is InChI=1S/C30H28FNO2/c1-19-23(14-7-15-29(19)31)20-16-21-8-6-9-22(17-20)32(21)30(33)34-18-28-26-12-4-2-10-24(26)25-11-3-5-13-27(25)28/h2-5,7,10-16,21-22,28H,6,8-9,17-18H2,1H3. The van der Waals surface area contributed by atoms with E-state index in [1.165, 1.54) is 28.3 Å². The molecule has 2 heterocycles. The number of piperidine rings is 1. The highest BCUT2D eigenvalue weighted by molar-refractivity contribution is 5.79. The highest BCUT2D eigenvalue weighted by Gasteiger charge is 2.39. The molecular formula is C30H28FNO2. The minimum absolute atomic E-state index is 0.000757. The number of nitrogens with zero attached hydrogens (tertiary/aromatic N) is 1. The van der Waals surface area contributed by atoms with E-state index in [1.807, 2.05) is 17.9 Å². The number of halogens is 1. The van der Waals surface area contributed by atoms with Crippen molar-refractivity contribution in [2.24, 2.45) is 0 Å². The fraction of sp³-hybridized carbons (Fsp3) is 0.300. The van der Waals surface area contributed by atoms with Gasteiger partial charge in [0.2, 0.25) is 0 Å². The van der Waals surface area contributed by atoms with E-state index < -0.39 is 0 Å². The maximum absolute atomic E-state index is 14.2. The Morgan fingerprint density at radius 3 is 2.32 bits per heavy atom. The smallest absolute Gasteiger partial charge is 0.410 e. The number of ether oxygens (including phenoxy) is 1. The molecule has 4 heteroatoms. The summed E-state index contributed by atoms with van der Waals surface area (Å²) in [5, 5.41) is 0. The van der Waals surface area contributed by atoms with Crippen molar-refractivity contribution in [3.05, 3.63) is 101 Å². The van der Waals surface area contributed by atoms with Crippen LogP contribution in [0.4, 0.5) is 9.18 Å². The number of carbonyl (C=O) groups excluding carboxylic acids is 1. The first-order valence-corrected chi connectivity index (χ1v) is 12.2. The van der Waals surface area contributed by atoms with Crippen LogP contribution in [-0.2, 0) is 4.74 Å². The van der Waals surface area contributed by atoms with Gasteiger partial charge in [-0.25, -0.2) is 9.18 Å². The average Bonchev–Trinajstić information content (AvgIpc) is 3.17. The summed E-state index contributed by atoms with van der Waals surface area (Å²) in [6.07, 6.45) is 5.63. The van der Waals surface area contributed by atoms with E-state index in [1.54, 1.807) is 6.07 Å². The largest absolute Gasteiger partial charge is 0.448 e. The van der Waals surface area contributed by atoms with Crippen LogP contribution < -0.4 is 0 Å². The Balaban J connectivity index is 1.23. The maximum Gasteiger partial charge on any atom is 0.410 e. The van der Waals surface area contributed by atoms with Crippen LogP contribution in [0.15, 0.2) is 72.8 Å². The van der Waals surface area contributed by atoms with E-state index in [9.17, 15) is 9.18 Å². The zero-order chi connectivity index (χ0) is 23.2. The van der Waals surface area contributed by atoms with Gasteiger partial charge in [-0.05, 0) is 77.6 Å². The molecule has 1 aliphatic carbocycles. The Kier molecular flexibility index (Phi) is 5.24. The summed E-state index contributed by atoms with van der Waals surface area (Å²) in [5.41, 5.74) is 7.69. The Morgan fingerprint density at radius 2 is 1.62 bits per heavy atom. The Hall–Kier alpha value is -3.40. The number of amides is 1. The summed E-state index contributed by atoms with van der Waals surface area (Å²) < 4.78 is 20.2. The summed E-state index contributed by atoms with van der Waals surface area (Å²) in [5.74, 6) is -0.121. The van der Waals surface area contributed by atoms with Gasteiger partial charge < -0.3 is 4.74 Å². The summed E-state index contributed by atoms with van der Waals surface area (Å²) in [7, 11) is 0. The molecule has 3 aliphatic rings. The molecule has 3 aromatic rings. The lowest BCUT2D eigenvalue weighted by Gasteiger charge is -2.44. The van der Waals surface area contributed by atoms with E-state index in [0.717, 1.165) is 36.8 Å². The molecule has 0 radical (unpaired) electrons. The van der Waals surface area contributed by atoms with Crippen molar-refractivity contribution in [2.75, 3.05) is 6.61 Å². The predicted molar refractivity (Wildman–Crippen MR) is 132 cm³/mol. The van der Waals surface area contributed by atoms with Gasteiger partial charge in [-0.2, -0.15) is 0 Å². The van der Waals surface area contributed by atoms with Crippen LogP contribution in [0.25, 0.3) is 16.7 Å². The van der Waals surface area contributed by atoms with Crippen LogP contribution in [0.3, 0.4) is 0 Å². The third-order valence-electron chi connectivity index (χ3n) is 7.80. The molecule has 1 amide bonds. The fourth-order valence-electron chi connectivity index (χ4n) is 6.14. The van der Waals surface area contributed by atoms with Crippen molar-refractivity contribution >= 4 is 11.7 Å². The van der Waals surface area contributed by atoms with E-state index in [-0.39, 0.29) is 29.9 Å². The summed E-state index contributed by atoms with van der Waals surface area (Å²) >= 11 is 0. The molecule has 0 aromatic heterocycles. The molecule has 2 unspecified atom stereocenters. The average molecular weight is 454 g/mol. The van der Waals surface area contributed by atoms with Crippen LogP contribution >= 0.6 is 0 Å². The Labute approximate surface area is 199 Å². The first-order chi connectivity index (χ1) is 16.6. The summed E-state index contributed by atoms with van der Waals surface area (Å²) in [6.45, 7) is 2.17. The van der Waals surface area contributed by atoms with Gasteiger partial charge in [-0.1, -0.05) is 66.7 Å². The second kappa shape index (κ2) is 8.43. The van der Waals surface area contributed by atoms with Crippen LogP contribution in [0, 0.1) is 12.7 Å². The molecule has 34 heavy (non-hydrogen) atoms. The number of carbonyl (C=O) groups is 1. The van der Waals surface area contributed by atoms with Crippen LogP contribution in [0.1, 0.15) is 53.9 Å². The lowest BCUT2D eigenvalue weighted by Crippen LogP contribution is -2.51. The van der Waals surface area contributed by atoms with Crippen LogP contribution in [0.2, 0.25) is 0 Å². The van der Waals surface area contributed by atoms with Gasteiger partial charge >= 0.3 is 6.09 Å². The molecular weight excluding hydrogens is 425 g/mol. The van der Waals surface area contributed by atoms with E-state index in [4.69, 9.17) is 4.74 Å². The van der Waals surface area contributed by atoms with Crippen molar-refractivity contribution < 1.29 is 13.9 Å². The van der Waals surface area contributed by atoms with Crippen molar-refractivity contribution in [1.82, 2.24) is 4.90 Å². The molecule has 0 spiro atoms. The molecule has 2 aliphatic heterocycles. The maximum atomic E-state index is 14.2. The molecule has 1 saturated heterocycles. The Bertz CT molecular complexity index is 1250. The molecule has 1 fully saturated rings. The zero-order valence-corrected chi connectivity index (χ0v) is 19.3. The Morgan fingerprint density at radius 1 is 0.941 bits per heavy atom. The number of hydrogen-bond acceptors (Lipinski definition) is 2. The molecule has 3 nitrogen and oxygen atoms in total. The minimum atomic E-state index is -0.233. The highest BCUT2D eigenvalue weighted by Crippen LogP contribution is 2.45. The molecule has 0 saturated carbocycles.